The lowest BCUT2D eigenvalue weighted by Crippen LogP contribution is -2.12. The van der Waals surface area contributed by atoms with Gasteiger partial charge in [0.15, 0.2) is 0 Å². The lowest BCUT2D eigenvalue weighted by Gasteiger charge is -2.04. The Kier molecular flexibility index (Phi) is 5.71. The van der Waals surface area contributed by atoms with E-state index >= 15 is 0 Å². The van der Waals surface area contributed by atoms with Gasteiger partial charge >= 0.3 is 5.97 Å². The molecule has 0 unspecified atom stereocenters. The van der Waals surface area contributed by atoms with Crippen LogP contribution in [-0.2, 0) is 9.53 Å². The molecule has 1 aliphatic heterocycles. The van der Waals surface area contributed by atoms with Crippen molar-refractivity contribution in [3.05, 3.63) is 75.9 Å². The Morgan fingerprint density at radius 2 is 2.07 bits per heavy atom. The fourth-order valence-electron chi connectivity index (χ4n) is 2.42. The number of carbonyl (C=O) groups is 1. The van der Waals surface area contributed by atoms with Gasteiger partial charge < -0.3 is 9.84 Å². The average Bonchev–Trinajstić information content (AvgIpc) is 2.92. The van der Waals surface area contributed by atoms with Gasteiger partial charge in [-0.1, -0.05) is 30.0 Å². The number of hydrogen-bond acceptors (Lipinski definition) is 6. The van der Waals surface area contributed by atoms with E-state index in [1.165, 1.54) is 12.1 Å². The molecule has 7 heteroatoms. The largest absolute Gasteiger partial charge is 0.506 e. The van der Waals surface area contributed by atoms with Crippen LogP contribution in [-0.4, -0.2) is 27.7 Å². The molecule has 0 fully saturated rings. The van der Waals surface area contributed by atoms with Crippen molar-refractivity contribution in [2.24, 2.45) is 4.99 Å². The zero-order chi connectivity index (χ0) is 19.4. The Labute approximate surface area is 160 Å². The summed E-state index contributed by atoms with van der Waals surface area (Å²) in [4.78, 5) is 21.3. The molecular weight excluding hydrogens is 367 g/mol. The normalized spacial score (nSPS) is 17.0. The lowest BCUT2D eigenvalue weighted by atomic mass is 10.2. The van der Waals surface area contributed by atoms with E-state index in [1.807, 2.05) is 19.1 Å². The summed E-state index contributed by atoms with van der Waals surface area (Å²) in [6.07, 6.45) is 1.65. The van der Waals surface area contributed by atoms with Gasteiger partial charge in [0, 0.05) is 5.69 Å². The number of ether oxygens (including phenoxy) is 1. The Morgan fingerprint density at radius 3 is 2.78 bits per heavy atom. The predicted octanol–water partition coefficient (Wildman–Crippen LogP) is 4.72. The van der Waals surface area contributed by atoms with Crippen molar-refractivity contribution in [1.82, 2.24) is 4.98 Å². The van der Waals surface area contributed by atoms with Crippen molar-refractivity contribution in [3.63, 3.8) is 0 Å². The highest BCUT2D eigenvalue weighted by Crippen LogP contribution is 2.40. The van der Waals surface area contributed by atoms with E-state index in [4.69, 9.17) is 4.74 Å². The van der Waals surface area contributed by atoms with E-state index in [1.54, 1.807) is 31.2 Å². The monoisotopic (exact) mass is 384 g/mol. The van der Waals surface area contributed by atoms with E-state index in [0.717, 1.165) is 17.5 Å². The Morgan fingerprint density at radius 1 is 1.30 bits per heavy atom. The number of halogens is 1. The first kappa shape index (κ1) is 18.8. The number of rotatable bonds is 4. The van der Waals surface area contributed by atoms with Gasteiger partial charge in [-0.05, 0) is 44.2 Å². The fraction of sp³-hybridized carbons (Fsp3) is 0.150. The van der Waals surface area contributed by atoms with Crippen LogP contribution in [0.25, 0.3) is 6.08 Å². The number of aliphatic hydroxyl groups is 1. The van der Waals surface area contributed by atoms with Gasteiger partial charge in [-0.3, -0.25) is 4.98 Å². The van der Waals surface area contributed by atoms with E-state index in [-0.39, 0.29) is 28.7 Å². The highest BCUT2D eigenvalue weighted by atomic mass is 32.2. The maximum Gasteiger partial charge on any atom is 0.344 e. The maximum atomic E-state index is 14.0. The van der Waals surface area contributed by atoms with Crippen LogP contribution in [0.2, 0.25) is 0 Å². The number of aliphatic hydroxyl groups excluding tert-OH is 1. The summed E-state index contributed by atoms with van der Waals surface area (Å²) in [5, 5.41) is 10.8. The molecule has 0 amide bonds. The van der Waals surface area contributed by atoms with Gasteiger partial charge in [0.25, 0.3) is 0 Å². The number of aryl methyl sites for hydroxylation is 1. The zero-order valence-electron chi connectivity index (χ0n) is 14.8. The van der Waals surface area contributed by atoms with E-state index in [9.17, 15) is 14.3 Å². The second-order valence-electron chi connectivity index (χ2n) is 5.63. The second kappa shape index (κ2) is 8.18. The summed E-state index contributed by atoms with van der Waals surface area (Å²) >= 11 is 1.06. The van der Waals surface area contributed by atoms with Crippen LogP contribution in [0.5, 0.6) is 0 Å². The first-order chi connectivity index (χ1) is 13.0. The third-order valence-electron chi connectivity index (χ3n) is 3.63. The van der Waals surface area contributed by atoms with Gasteiger partial charge in [-0.2, -0.15) is 0 Å². The smallest absolute Gasteiger partial charge is 0.344 e. The van der Waals surface area contributed by atoms with E-state index < -0.39 is 11.8 Å². The predicted molar refractivity (Wildman–Crippen MR) is 104 cm³/mol. The SMILES string of the molecule is CCOC(=O)C1=C(O)/C(=C\c2cccc(C)n2)SC1=Nc1ccccc1F. The van der Waals surface area contributed by atoms with Crippen LogP contribution in [0.4, 0.5) is 10.1 Å². The number of aliphatic imine (C=N–C) groups is 1. The molecule has 1 N–H and O–H groups in total. The molecule has 1 aromatic carbocycles. The number of esters is 1. The minimum Gasteiger partial charge on any atom is -0.506 e. The number of aromatic nitrogens is 1. The fourth-order valence-corrected chi connectivity index (χ4v) is 3.44. The Balaban J connectivity index is 2.07. The minimum absolute atomic E-state index is 0.0736. The minimum atomic E-state index is -0.710. The third kappa shape index (κ3) is 4.25. The number of carbonyl (C=O) groups excluding carboxylic acids is 1. The molecule has 27 heavy (non-hydrogen) atoms. The van der Waals surface area contributed by atoms with Crippen molar-refractivity contribution >= 4 is 34.5 Å². The van der Waals surface area contributed by atoms with Crippen molar-refractivity contribution in [2.45, 2.75) is 13.8 Å². The molecule has 5 nitrogen and oxygen atoms in total. The molecule has 3 rings (SSSR count). The summed E-state index contributed by atoms with van der Waals surface area (Å²) in [5.41, 5.74) is 1.44. The van der Waals surface area contributed by atoms with Gasteiger partial charge in [0.05, 0.1) is 17.2 Å². The summed E-state index contributed by atoms with van der Waals surface area (Å²) in [5.74, 6) is -1.49. The summed E-state index contributed by atoms with van der Waals surface area (Å²) < 4.78 is 19.0. The molecule has 138 valence electrons. The Hall–Kier alpha value is -2.93. The topological polar surface area (TPSA) is 71.8 Å². The summed E-state index contributed by atoms with van der Waals surface area (Å²) in [6.45, 7) is 3.67. The van der Waals surface area contributed by atoms with Gasteiger partial charge in [-0.25, -0.2) is 14.2 Å². The van der Waals surface area contributed by atoms with E-state index in [2.05, 4.69) is 9.98 Å². The summed E-state index contributed by atoms with van der Waals surface area (Å²) in [7, 11) is 0. The number of hydrogen-bond donors (Lipinski definition) is 1. The Bertz CT molecular complexity index is 983. The van der Waals surface area contributed by atoms with Crippen LogP contribution in [0.3, 0.4) is 0 Å². The average molecular weight is 384 g/mol. The summed E-state index contributed by atoms with van der Waals surface area (Å²) in [6, 6.07) is 11.4. The van der Waals surface area contributed by atoms with Crippen LogP contribution in [0.1, 0.15) is 18.3 Å². The van der Waals surface area contributed by atoms with Gasteiger partial charge in [0.2, 0.25) is 0 Å². The molecular formula is C20H17FN2O3S. The first-order valence-corrected chi connectivity index (χ1v) is 9.08. The number of pyridine rings is 1. The standard InChI is InChI=1S/C20H17FN2O3S/c1-3-26-20(25)17-18(24)16(11-13-8-6-7-12(2)22-13)27-19(17)23-15-10-5-4-9-14(15)21/h4-11,24H,3H2,1-2H3/b16-11+,23-19?. The molecule has 2 aromatic rings. The van der Waals surface area contributed by atoms with Gasteiger partial charge in [-0.15, -0.1) is 0 Å². The number of benzene rings is 1. The van der Waals surface area contributed by atoms with Crippen molar-refractivity contribution in [2.75, 3.05) is 6.61 Å². The molecule has 0 atom stereocenters. The quantitative estimate of drug-likeness (QED) is 0.772. The molecule has 0 spiro atoms. The van der Waals surface area contributed by atoms with Crippen molar-refractivity contribution in [1.29, 1.82) is 0 Å². The number of thioether (sulfide) groups is 1. The lowest BCUT2D eigenvalue weighted by molar-refractivity contribution is -0.138. The van der Waals surface area contributed by atoms with Crippen LogP contribution in [0.15, 0.2) is 63.7 Å². The molecule has 1 aromatic heterocycles. The molecule has 1 aliphatic rings. The molecule has 0 saturated carbocycles. The highest BCUT2D eigenvalue weighted by molar-refractivity contribution is 8.18. The molecule has 0 aliphatic carbocycles. The van der Waals surface area contributed by atoms with E-state index in [0.29, 0.717) is 10.6 Å². The van der Waals surface area contributed by atoms with Gasteiger partial charge in [0.1, 0.15) is 27.9 Å². The van der Waals surface area contributed by atoms with Crippen molar-refractivity contribution in [3.8, 4) is 0 Å². The first-order valence-electron chi connectivity index (χ1n) is 8.27. The maximum absolute atomic E-state index is 14.0. The molecule has 0 saturated heterocycles. The third-order valence-corrected chi connectivity index (χ3v) is 4.65. The zero-order valence-corrected chi connectivity index (χ0v) is 15.6. The molecule has 2 heterocycles. The highest BCUT2D eigenvalue weighted by Gasteiger charge is 2.33. The molecule has 0 bridgehead atoms. The molecule has 0 radical (unpaired) electrons. The van der Waals surface area contributed by atoms with Crippen LogP contribution in [0, 0.1) is 12.7 Å². The van der Waals surface area contributed by atoms with Crippen LogP contribution >= 0.6 is 11.8 Å². The number of nitrogens with zero attached hydrogens (tertiary/aromatic N) is 2. The van der Waals surface area contributed by atoms with Crippen LogP contribution < -0.4 is 0 Å². The van der Waals surface area contributed by atoms with Crippen molar-refractivity contribution < 1.29 is 19.0 Å². The second-order valence-corrected chi connectivity index (χ2v) is 6.66. The number of para-hydroxylation sites is 1.